The van der Waals surface area contributed by atoms with Crippen LogP contribution >= 0.6 is 0 Å². The second kappa shape index (κ2) is 7.25. The molecule has 1 saturated carbocycles. The Morgan fingerprint density at radius 2 is 2.04 bits per heavy atom. The number of anilines is 1. The van der Waals surface area contributed by atoms with E-state index >= 15 is 0 Å². The Balaban J connectivity index is 1.67. The molecule has 1 aliphatic carbocycles. The average Bonchev–Trinajstić information content (AvgIpc) is 3.12. The molecule has 134 valence electrons. The van der Waals surface area contributed by atoms with Crippen molar-refractivity contribution < 1.29 is 4.74 Å². The summed E-state index contributed by atoms with van der Waals surface area (Å²) in [6.07, 6.45) is 12.6. The predicted octanol–water partition coefficient (Wildman–Crippen LogP) is 4.74. The van der Waals surface area contributed by atoms with Gasteiger partial charge < -0.3 is 15.0 Å². The highest BCUT2D eigenvalue weighted by Crippen LogP contribution is 2.33. The molecule has 0 bridgehead atoms. The molecule has 0 spiro atoms. The number of allylic oxidation sites excluding steroid dienone is 2. The fraction of sp³-hybridized carbons (Fsp3) is 0.545. The summed E-state index contributed by atoms with van der Waals surface area (Å²) < 4.78 is 6.28. The lowest BCUT2D eigenvalue weighted by Gasteiger charge is -2.26. The van der Waals surface area contributed by atoms with Crippen molar-refractivity contribution in [3.63, 3.8) is 0 Å². The lowest BCUT2D eigenvalue weighted by Crippen LogP contribution is -2.18. The molecule has 1 fully saturated rings. The van der Waals surface area contributed by atoms with Crippen molar-refractivity contribution in [2.75, 3.05) is 25.5 Å². The molecule has 3 aliphatic rings. The summed E-state index contributed by atoms with van der Waals surface area (Å²) in [5.74, 6) is 0. The number of aryl methyl sites for hydroxylation is 1. The first-order valence-electron chi connectivity index (χ1n) is 9.80. The molecule has 3 heteroatoms. The molecule has 2 aliphatic heterocycles. The zero-order valence-electron chi connectivity index (χ0n) is 15.6. The maximum absolute atomic E-state index is 6.28. The molecule has 0 atom stereocenters. The van der Waals surface area contributed by atoms with Crippen LogP contribution in [0.5, 0.6) is 0 Å². The van der Waals surface area contributed by atoms with E-state index in [2.05, 4.69) is 48.6 Å². The quantitative estimate of drug-likeness (QED) is 0.858. The monoisotopic (exact) mass is 338 g/mol. The van der Waals surface area contributed by atoms with E-state index in [1.165, 1.54) is 72.0 Å². The van der Waals surface area contributed by atoms with Gasteiger partial charge in [-0.1, -0.05) is 24.5 Å². The van der Waals surface area contributed by atoms with Gasteiger partial charge in [-0.15, -0.1) is 0 Å². The Hall–Kier alpha value is -1.74. The Morgan fingerprint density at radius 3 is 2.84 bits per heavy atom. The van der Waals surface area contributed by atoms with Gasteiger partial charge in [-0.05, 0) is 67.0 Å². The molecule has 0 unspecified atom stereocenters. The van der Waals surface area contributed by atoms with Gasteiger partial charge in [-0.25, -0.2) is 0 Å². The van der Waals surface area contributed by atoms with Crippen LogP contribution in [0.2, 0.25) is 0 Å². The van der Waals surface area contributed by atoms with Gasteiger partial charge in [0, 0.05) is 32.0 Å². The fourth-order valence-corrected chi connectivity index (χ4v) is 4.39. The zero-order valence-corrected chi connectivity index (χ0v) is 15.6. The zero-order chi connectivity index (χ0) is 17.2. The van der Waals surface area contributed by atoms with Crippen LogP contribution in [0.25, 0.3) is 5.57 Å². The van der Waals surface area contributed by atoms with Crippen LogP contribution < -0.4 is 5.32 Å². The number of rotatable bonds is 4. The highest BCUT2D eigenvalue weighted by Gasteiger charge is 2.20. The summed E-state index contributed by atoms with van der Waals surface area (Å²) in [6, 6.07) is 4.75. The van der Waals surface area contributed by atoms with E-state index in [1.54, 1.807) is 0 Å². The Morgan fingerprint density at radius 1 is 1.20 bits per heavy atom. The number of nitrogens with zero attached hydrogens (tertiary/aromatic N) is 1. The van der Waals surface area contributed by atoms with Crippen molar-refractivity contribution in [2.24, 2.45) is 0 Å². The molecule has 0 saturated heterocycles. The van der Waals surface area contributed by atoms with Crippen LogP contribution in [0, 0.1) is 0 Å². The molecule has 1 N–H and O–H groups in total. The molecule has 0 radical (unpaired) electrons. The summed E-state index contributed by atoms with van der Waals surface area (Å²) in [5.41, 5.74) is 8.18. The van der Waals surface area contributed by atoms with Gasteiger partial charge in [-0.2, -0.15) is 0 Å². The van der Waals surface area contributed by atoms with Gasteiger partial charge in [0.25, 0.3) is 0 Å². The minimum absolute atomic E-state index is 0.456. The Bertz CT molecular complexity index is 698. The number of nitrogens with one attached hydrogen (secondary N) is 1. The molecule has 4 rings (SSSR count). The molecule has 1 aromatic rings. The first-order chi connectivity index (χ1) is 12.2. The molecule has 1 aromatic carbocycles. The maximum atomic E-state index is 6.28. The largest absolute Gasteiger partial charge is 0.385 e. The van der Waals surface area contributed by atoms with Crippen LogP contribution in [0.4, 0.5) is 5.69 Å². The minimum Gasteiger partial charge on any atom is -0.385 e. The SMILES string of the molecule is CC1=CC(c2cc3c(cc2COC2CCCC2)NCCC3)=CN(C)C1. The van der Waals surface area contributed by atoms with Crippen molar-refractivity contribution in [2.45, 2.75) is 58.2 Å². The number of likely N-dealkylation sites (N-methyl/N-ethyl adjacent to an activating group) is 1. The van der Waals surface area contributed by atoms with Crippen molar-refractivity contribution >= 4 is 11.3 Å². The van der Waals surface area contributed by atoms with E-state index < -0.39 is 0 Å². The summed E-state index contributed by atoms with van der Waals surface area (Å²) in [4.78, 5) is 2.28. The van der Waals surface area contributed by atoms with Gasteiger partial charge >= 0.3 is 0 Å². The van der Waals surface area contributed by atoms with Crippen molar-refractivity contribution in [3.8, 4) is 0 Å². The summed E-state index contributed by atoms with van der Waals surface area (Å²) in [7, 11) is 2.16. The molecule has 0 amide bonds. The van der Waals surface area contributed by atoms with Crippen molar-refractivity contribution in [3.05, 3.63) is 46.7 Å². The molecular weight excluding hydrogens is 308 g/mol. The number of hydrogen-bond acceptors (Lipinski definition) is 3. The topological polar surface area (TPSA) is 24.5 Å². The lowest BCUT2D eigenvalue weighted by atomic mass is 9.91. The van der Waals surface area contributed by atoms with Gasteiger partial charge in [0.15, 0.2) is 0 Å². The van der Waals surface area contributed by atoms with Crippen LogP contribution in [-0.2, 0) is 17.8 Å². The van der Waals surface area contributed by atoms with E-state index in [0.29, 0.717) is 6.10 Å². The average molecular weight is 338 g/mol. The third-order valence-electron chi connectivity index (χ3n) is 5.62. The van der Waals surface area contributed by atoms with Crippen LogP contribution in [0.1, 0.15) is 55.7 Å². The van der Waals surface area contributed by atoms with Crippen LogP contribution in [-0.4, -0.2) is 31.1 Å². The second-order valence-electron chi connectivity index (χ2n) is 7.90. The second-order valence-corrected chi connectivity index (χ2v) is 7.90. The molecule has 3 nitrogen and oxygen atoms in total. The molecule has 0 aromatic heterocycles. The van der Waals surface area contributed by atoms with E-state index in [1.807, 2.05) is 0 Å². The highest BCUT2D eigenvalue weighted by molar-refractivity contribution is 5.79. The van der Waals surface area contributed by atoms with E-state index in [9.17, 15) is 0 Å². The van der Waals surface area contributed by atoms with E-state index in [4.69, 9.17) is 4.74 Å². The minimum atomic E-state index is 0.456. The Labute approximate surface area is 151 Å². The number of hydrogen-bond donors (Lipinski definition) is 1. The third kappa shape index (κ3) is 3.77. The molecule has 25 heavy (non-hydrogen) atoms. The van der Waals surface area contributed by atoms with Gasteiger partial charge in [0.1, 0.15) is 0 Å². The normalized spacial score (nSPS) is 20.8. The van der Waals surface area contributed by atoms with Crippen LogP contribution in [0.3, 0.4) is 0 Å². The Kier molecular flexibility index (Phi) is 4.85. The van der Waals surface area contributed by atoms with Crippen molar-refractivity contribution in [1.29, 1.82) is 0 Å². The molecular formula is C22H30N2O. The van der Waals surface area contributed by atoms with E-state index in [0.717, 1.165) is 19.7 Å². The number of benzene rings is 1. The summed E-state index contributed by atoms with van der Waals surface area (Å²) >= 11 is 0. The summed E-state index contributed by atoms with van der Waals surface area (Å²) in [5, 5.41) is 3.58. The third-order valence-corrected chi connectivity index (χ3v) is 5.62. The first-order valence-corrected chi connectivity index (χ1v) is 9.80. The van der Waals surface area contributed by atoms with Gasteiger partial charge in [0.05, 0.1) is 12.7 Å². The smallest absolute Gasteiger partial charge is 0.0727 e. The first kappa shape index (κ1) is 16.7. The number of ether oxygens (including phenoxy) is 1. The summed E-state index contributed by atoms with van der Waals surface area (Å²) in [6.45, 7) is 5.05. The van der Waals surface area contributed by atoms with E-state index in [-0.39, 0.29) is 0 Å². The molecule has 2 heterocycles. The fourth-order valence-electron chi connectivity index (χ4n) is 4.39. The number of fused-ring (bicyclic) bond motifs is 1. The van der Waals surface area contributed by atoms with Gasteiger partial charge in [-0.3, -0.25) is 0 Å². The maximum Gasteiger partial charge on any atom is 0.0727 e. The highest BCUT2D eigenvalue weighted by atomic mass is 16.5. The lowest BCUT2D eigenvalue weighted by molar-refractivity contribution is 0.0456. The van der Waals surface area contributed by atoms with Crippen LogP contribution in [0.15, 0.2) is 30.0 Å². The van der Waals surface area contributed by atoms with Gasteiger partial charge in [0.2, 0.25) is 0 Å². The predicted molar refractivity (Wildman–Crippen MR) is 105 cm³/mol. The van der Waals surface area contributed by atoms with Crippen molar-refractivity contribution in [1.82, 2.24) is 4.90 Å². The standard InChI is InChI=1S/C22H30N2O/c1-16-10-18(14-24(2)13-16)21-11-17-6-5-9-23-22(17)12-19(21)15-25-20-7-3-4-8-20/h10-12,14,20,23H,3-9,13,15H2,1-2H3.